The molecule has 0 aliphatic carbocycles. The van der Waals surface area contributed by atoms with Gasteiger partial charge in [0.2, 0.25) is 0 Å². The Hall–Kier alpha value is -0.390. The molecule has 1 N–H and O–H groups in total. The third-order valence-electron chi connectivity index (χ3n) is 1.25. The van der Waals surface area contributed by atoms with Crippen molar-refractivity contribution in [2.24, 2.45) is 0 Å². The fourth-order valence-corrected chi connectivity index (χ4v) is 0.638. The second-order valence-electron chi connectivity index (χ2n) is 2.41. The molecule has 0 saturated heterocycles. The molecule has 0 fully saturated rings. The molecule has 1 unspecified atom stereocenters. The van der Waals surface area contributed by atoms with Crippen LogP contribution in [-0.2, 0) is 0 Å². The number of rotatable bonds is 4. The van der Waals surface area contributed by atoms with E-state index in [0.29, 0.717) is 0 Å². The maximum atomic E-state index is 11.5. The van der Waals surface area contributed by atoms with Crippen molar-refractivity contribution >= 4 is 0 Å². The van der Waals surface area contributed by atoms with E-state index in [9.17, 15) is 22.0 Å². The van der Waals surface area contributed by atoms with Gasteiger partial charge in [0.15, 0.2) is 0 Å². The van der Waals surface area contributed by atoms with Crippen LogP contribution in [0.3, 0.4) is 0 Å². The normalized spacial score (nSPS) is 15.2. The zero-order valence-electron chi connectivity index (χ0n) is 6.11. The van der Waals surface area contributed by atoms with Crippen molar-refractivity contribution in [1.29, 1.82) is 0 Å². The SMILES string of the molecule is OC(CCCC(F)(F)F)C(F)F. The summed E-state index contributed by atoms with van der Waals surface area (Å²) < 4.78 is 57.3. The first-order valence-corrected chi connectivity index (χ1v) is 3.36. The number of halogens is 5. The molecular weight excluding hydrogens is 183 g/mol. The fourth-order valence-electron chi connectivity index (χ4n) is 0.638. The largest absolute Gasteiger partial charge is 0.389 e. The van der Waals surface area contributed by atoms with Gasteiger partial charge < -0.3 is 5.11 Å². The van der Waals surface area contributed by atoms with Crippen molar-refractivity contribution in [3.05, 3.63) is 0 Å². The first-order chi connectivity index (χ1) is 5.33. The molecule has 0 aliphatic rings. The molecule has 0 aromatic carbocycles. The molecule has 0 heterocycles. The minimum absolute atomic E-state index is 0.463. The van der Waals surface area contributed by atoms with E-state index in [1.807, 2.05) is 0 Å². The number of hydrogen-bond donors (Lipinski definition) is 1. The van der Waals surface area contributed by atoms with Crippen LogP contribution >= 0.6 is 0 Å². The number of aliphatic hydroxyl groups is 1. The Labute approximate surface area is 66.2 Å². The van der Waals surface area contributed by atoms with E-state index < -0.39 is 38.0 Å². The van der Waals surface area contributed by atoms with Crippen LogP contribution in [0.4, 0.5) is 22.0 Å². The van der Waals surface area contributed by atoms with E-state index in [-0.39, 0.29) is 0 Å². The number of hydrogen-bond acceptors (Lipinski definition) is 1. The van der Waals surface area contributed by atoms with E-state index >= 15 is 0 Å². The first kappa shape index (κ1) is 11.6. The average molecular weight is 192 g/mol. The van der Waals surface area contributed by atoms with Crippen LogP contribution in [0, 0.1) is 0 Å². The molecule has 0 spiro atoms. The third-order valence-corrected chi connectivity index (χ3v) is 1.25. The molecule has 0 aromatic heterocycles. The summed E-state index contributed by atoms with van der Waals surface area (Å²) >= 11 is 0. The van der Waals surface area contributed by atoms with E-state index in [4.69, 9.17) is 5.11 Å². The van der Waals surface area contributed by atoms with Gasteiger partial charge in [-0.2, -0.15) is 13.2 Å². The average Bonchev–Trinajstić information content (AvgIpc) is 1.84. The van der Waals surface area contributed by atoms with Gasteiger partial charge in [0.25, 0.3) is 6.43 Å². The van der Waals surface area contributed by atoms with Gasteiger partial charge in [0.05, 0.1) is 0 Å². The summed E-state index contributed by atoms with van der Waals surface area (Å²) in [5, 5.41) is 8.41. The predicted molar refractivity (Wildman–Crippen MR) is 31.9 cm³/mol. The second kappa shape index (κ2) is 4.59. The minimum atomic E-state index is -4.33. The molecule has 0 bridgehead atoms. The summed E-state index contributed by atoms with van der Waals surface area (Å²) in [6.07, 6.45) is -11.3. The number of aliphatic hydroxyl groups excluding tert-OH is 1. The summed E-state index contributed by atoms with van der Waals surface area (Å²) in [6.45, 7) is 0. The van der Waals surface area contributed by atoms with Crippen LogP contribution in [0.25, 0.3) is 0 Å². The predicted octanol–water partition coefficient (Wildman–Crippen LogP) is 2.34. The van der Waals surface area contributed by atoms with E-state index in [1.54, 1.807) is 0 Å². The van der Waals surface area contributed by atoms with Gasteiger partial charge in [-0.05, 0) is 12.8 Å². The molecule has 1 nitrogen and oxygen atoms in total. The van der Waals surface area contributed by atoms with Gasteiger partial charge in [-0.15, -0.1) is 0 Å². The summed E-state index contributed by atoms with van der Waals surface area (Å²) in [5.41, 5.74) is 0. The maximum Gasteiger partial charge on any atom is 0.389 e. The Kier molecular flexibility index (Phi) is 4.44. The monoisotopic (exact) mass is 192 g/mol. The van der Waals surface area contributed by atoms with Gasteiger partial charge in [-0.1, -0.05) is 0 Å². The molecule has 1 atom stereocenters. The van der Waals surface area contributed by atoms with Crippen molar-refractivity contribution in [3.63, 3.8) is 0 Å². The highest BCUT2D eigenvalue weighted by Gasteiger charge is 2.27. The molecule has 0 radical (unpaired) electrons. The quantitative estimate of drug-likeness (QED) is 0.678. The Morgan fingerprint density at radius 3 is 2.00 bits per heavy atom. The van der Waals surface area contributed by atoms with Crippen molar-refractivity contribution in [1.82, 2.24) is 0 Å². The molecule has 0 rings (SSSR count). The van der Waals surface area contributed by atoms with Crippen LogP contribution in [-0.4, -0.2) is 23.8 Å². The number of alkyl halides is 5. The van der Waals surface area contributed by atoms with Crippen molar-refractivity contribution in [3.8, 4) is 0 Å². The highest BCUT2D eigenvalue weighted by molar-refractivity contribution is 4.60. The topological polar surface area (TPSA) is 20.2 Å². The molecule has 0 aliphatic heterocycles. The molecule has 74 valence electrons. The Balaban J connectivity index is 3.44. The van der Waals surface area contributed by atoms with Crippen molar-refractivity contribution in [2.45, 2.75) is 38.0 Å². The standard InChI is InChI=1S/C6H9F5O/c7-5(8)4(12)2-1-3-6(9,10)11/h4-5,12H,1-3H2. The fraction of sp³-hybridized carbons (Fsp3) is 1.00. The van der Waals surface area contributed by atoms with Crippen LogP contribution in [0.1, 0.15) is 19.3 Å². The third kappa shape index (κ3) is 6.33. The smallest absolute Gasteiger partial charge is 0.387 e. The lowest BCUT2D eigenvalue weighted by Gasteiger charge is -2.09. The van der Waals surface area contributed by atoms with Gasteiger partial charge >= 0.3 is 6.18 Å². The summed E-state index contributed by atoms with van der Waals surface area (Å²) in [5.74, 6) is 0. The minimum Gasteiger partial charge on any atom is -0.387 e. The highest BCUT2D eigenvalue weighted by Crippen LogP contribution is 2.23. The van der Waals surface area contributed by atoms with E-state index in [2.05, 4.69) is 0 Å². The van der Waals surface area contributed by atoms with Crippen molar-refractivity contribution in [2.75, 3.05) is 0 Å². The van der Waals surface area contributed by atoms with Gasteiger partial charge in [-0.25, -0.2) is 8.78 Å². The lowest BCUT2D eigenvalue weighted by molar-refractivity contribution is -0.137. The Morgan fingerprint density at radius 1 is 1.17 bits per heavy atom. The van der Waals surface area contributed by atoms with E-state index in [0.717, 1.165) is 0 Å². The van der Waals surface area contributed by atoms with Gasteiger partial charge in [-0.3, -0.25) is 0 Å². The maximum absolute atomic E-state index is 11.5. The van der Waals surface area contributed by atoms with Gasteiger partial charge in [0, 0.05) is 6.42 Å². The zero-order valence-corrected chi connectivity index (χ0v) is 6.11. The molecule has 0 saturated carbocycles. The molecular formula is C6H9F5O. The van der Waals surface area contributed by atoms with Crippen LogP contribution in [0.2, 0.25) is 0 Å². The summed E-state index contributed by atoms with van der Waals surface area (Å²) in [6, 6.07) is 0. The zero-order chi connectivity index (χ0) is 9.78. The second-order valence-corrected chi connectivity index (χ2v) is 2.41. The molecule has 6 heteroatoms. The van der Waals surface area contributed by atoms with Crippen LogP contribution in [0.15, 0.2) is 0 Å². The van der Waals surface area contributed by atoms with Crippen molar-refractivity contribution < 1.29 is 27.1 Å². The Bertz CT molecular complexity index is 122. The molecule has 0 aromatic rings. The Morgan fingerprint density at radius 2 is 1.67 bits per heavy atom. The molecule has 0 amide bonds. The summed E-state index contributed by atoms with van der Waals surface area (Å²) in [4.78, 5) is 0. The highest BCUT2D eigenvalue weighted by atomic mass is 19.4. The summed E-state index contributed by atoms with van der Waals surface area (Å²) in [7, 11) is 0. The van der Waals surface area contributed by atoms with Gasteiger partial charge in [0.1, 0.15) is 6.10 Å². The first-order valence-electron chi connectivity index (χ1n) is 3.36. The lowest BCUT2D eigenvalue weighted by atomic mass is 10.1. The van der Waals surface area contributed by atoms with Crippen LogP contribution < -0.4 is 0 Å². The molecule has 12 heavy (non-hydrogen) atoms. The van der Waals surface area contributed by atoms with Crippen LogP contribution in [0.5, 0.6) is 0 Å². The lowest BCUT2D eigenvalue weighted by Crippen LogP contribution is -2.18. The van der Waals surface area contributed by atoms with E-state index in [1.165, 1.54) is 0 Å².